The van der Waals surface area contributed by atoms with Gasteiger partial charge >= 0.3 is 6.18 Å². The van der Waals surface area contributed by atoms with Crippen molar-refractivity contribution in [2.75, 3.05) is 25.0 Å². The van der Waals surface area contributed by atoms with Gasteiger partial charge in [-0.1, -0.05) is 20.8 Å². The zero-order valence-corrected chi connectivity index (χ0v) is 21.0. The number of nitrogens with zero attached hydrogens (tertiary/aromatic N) is 1. The molecule has 0 bridgehead atoms. The van der Waals surface area contributed by atoms with Crippen LogP contribution in [-0.4, -0.2) is 55.2 Å². The molecule has 11 heteroatoms. The van der Waals surface area contributed by atoms with Gasteiger partial charge in [0, 0.05) is 24.2 Å². The van der Waals surface area contributed by atoms with E-state index in [0.29, 0.717) is 27.7 Å². The fourth-order valence-electron chi connectivity index (χ4n) is 3.93. The number of anilines is 1. The number of carbonyl (C=O) groups is 1. The van der Waals surface area contributed by atoms with Crippen LogP contribution in [0.25, 0.3) is 10.9 Å². The third-order valence-corrected chi connectivity index (χ3v) is 8.69. The minimum absolute atomic E-state index is 0.0464. The lowest BCUT2D eigenvalue weighted by Gasteiger charge is -2.35. The Morgan fingerprint density at radius 3 is 2.44 bits per heavy atom. The molecule has 1 aromatic carbocycles. The van der Waals surface area contributed by atoms with Gasteiger partial charge in [-0.3, -0.25) is 4.79 Å². The predicted molar refractivity (Wildman–Crippen MR) is 127 cm³/mol. The highest BCUT2D eigenvalue weighted by atomic mass is 32.2. The topological polar surface area (TPSA) is 100 Å². The van der Waals surface area contributed by atoms with E-state index in [1.807, 2.05) is 20.8 Å². The highest BCUT2D eigenvalue weighted by Crippen LogP contribution is 2.34. The van der Waals surface area contributed by atoms with Crippen LogP contribution < -0.4 is 16.0 Å². The average molecular weight is 501 g/mol. The molecular weight excluding hydrogens is 469 g/mol. The first-order valence-corrected chi connectivity index (χ1v) is 12.5. The maximum atomic E-state index is 13.0. The molecule has 2 heterocycles. The van der Waals surface area contributed by atoms with Gasteiger partial charge in [0.15, 0.2) is 9.84 Å². The minimum atomic E-state index is -4.37. The summed E-state index contributed by atoms with van der Waals surface area (Å²) in [7, 11) is -3.64. The third-order valence-electron chi connectivity index (χ3n) is 5.97. The van der Waals surface area contributed by atoms with E-state index < -0.39 is 44.0 Å². The van der Waals surface area contributed by atoms with Crippen molar-refractivity contribution in [1.29, 1.82) is 0 Å². The Labute approximate surface area is 197 Å². The molecule has 34 heavy (non-hydrogen) atoms. The molecular formula is C23H31F3N4O3S. The Balaban J connectivity index is 2.03. The number of fused-ring (bicyclic) bond motifs is 1. The lowest BCUT2D eigenvalue weighted by Crippen LogP contribution is -2.61. The average Bonchev–Trinajstić information content (AvgIpc) is 2.68. The van der Waals surface area contributed by atoms with Gasteiger partial charge in [0.05, 0.1) is 10.3 Å². The molecule has 2 aromatic rings. The monoisotopic (exact) mass is 500 g/mol. The molecule has 1 atom stereocenters. The maximum absolute atomic E-state index is 13.0. The van der Waals surface area contributed by atoms with Crippen molar-refractivity contribution in [3.05, 3.63) is 35.0 Å². The van der Waals surface area contributed by atoms with Crippen molar-refractivity contribution in [3.8, 4) is 0 Å². The Morgan fingerprint density at radius 1 is 1.21 bits per heavy atom. The number of benzene rings is 1. The molecule has 1 aliphatic heterocycles. The van der Waals surface area contributed by atoms with Crippen molar-refractivity contribution >= 4 is 32.3 Å². The number of nitrogens with one attached hydrogen (secondary N) is 3. The minimum Gasteiger partial charge on any atom is -0.376 e. The molecule has 0 spiro atoms. The lowest BCUT2D eigenvalue weighted by atomic mass is 9.84. The van der Waals surface area contributed by atoms with Gasteiger partial charge < -0.3 is 16.0 Å². The normalized spacial score (nSPS) is 20.2. The van der Waals surface area contributed by atoms with E-state index in [4.69, 9.17) is 0 Å². The van der Waals surface area contributed by atoms with Crippen LogP contribution in [-0.2, 0) is 15.3 Å². The molecule has 7 nitrogen and oxygen atoms in total. The highest BCUT2D eigenvalue weighted by molar-refractivity contribution is 7.93. The molecule has 188 valence electrons. The number of alkyl halides is 3. The number of hydrogen-bond acceptors (Lipinski definition) is 6. The van der Waals surface area contributed by atoms with Crippen LogP contribution in [0.4, 0.5) is 18.9 Å². The molecule has 1 saturated heterocycles. The predicted octanol–water partition coefficient (Wildman–Crippen LogP) is 3.67. The van der Waals surface area contributed by atoms with Gasteiger partial charge in [-0.05, 0) is 55.5 Å². The summed E-state index contributed by atoms with van der Waals surface area (Å²) >= 11 is 0. The number of aryl methyl sites for hydroxylation is 1. The first-order chi connectivity index (χ1) is 15.4. The molecule has 3 N–H and O–H groups in total. The van der Waals surface area contributed by atoms with Crippen LogP contribution in [0.2, 0.25) is 0 Å². The zero-order valence-electron chi connectivity index (χ0n) is 20.1. The fraction of sp³-hybridized carbons (Fsp3) is 0.565. The maximum Gasteiger partial charge on any atom is 0.405 e. The van der Waals surface area contributed by atoms with Crippen molar-refractivity contribution in [2.45, 2.75) is 63.3 Å². The Hall–Kier alpha value is -2.40. The molecule has 0 radical (unpaired) electrons. The van der Waals surface area contributed by atoms with E-state index >= 15 is 0 Å². The molecule has 1 unspecified atom stereocenters. The van der Waals surface area contributed by atoms with Crippen LogP contribution in [0.15, 0.2) is 18.2 Å². The third kappa shape index (κ3) is 5.30. The van der Waals surface area contributed by atoms with Gasteiger partial charge in [0.2, 0.25) is 0 Å². The molecule has 0 aliphatic carbocycles. The van der Waals surface area contributed by atoms with Crippen molar-refractivity contribution in [1.82, 2.24) is 15.6 Å². The van der Waals surface area contributed by atoms with Crippen molar-refractivity contribution in [3.63, 3.8) is 0 Å². The van der Waals surface area contributed by atoms with E-state index in [1.165, 1.54) is 6.07 Å². The Bertz CT molecular complexity index is 1220. The molecule has 3 rings (SSSR count). The number of amides is 1. The standard InChI is InChI=1S/C23H31F3N4O3S/c1-13-7-17(20(31)30-18-10-27-11-22(5,6)34(18,32)33)29-19-15(13)8-14(28-12-23(24,25)26)9-16(19)21(2,3)4/h7-9,18,27-28H,10-12H2,1-6H3,(H,30,31). The van der Waals surface area contributed by atoms with E-state index in [-0.39, 0.29) is 18.8 Å². The molecule has 1 amide bonds. The number of halogens is 3. The van der Waals surface area contributed by atoms with Crippen LogP contribution in [0.3, 0.4) is 0 Å². The van der Waals surface area contributed by atoms with E-state index in [1.54, 1.807) is 32.9 Å². The Morgan fingerprint density at radius 2 is 1.85 bits per heavy atom. The first kappa shape index (κ1) is 26.2. The quantitative estimate of drug-likeness (QED) is 0.593. The smallest absolute Gasteiger partial charge is 0.376 e. The first-order valence-electron chi connectivity index (χ1n) is 10.9. The summed E-state index contributed by atoms with van der Waals surface area (Å²) in [5.74, 6) is -0.628. The van der Waals surface area contributed by atoms with Crippen molar-refractivity contribution < 1.29 is 26.4 Å². The molecule has 0 saturated carbocycles. The number of aromatic nitrogens is 1. The SMILES string of the molecule is Cc1cc(C(=O)NC2CNCC(C)(C)S2(=O)=O)nc2c(C(C)(C)C)cc(NCC(F)(F)F)cc12. The summed E-state index contributed by atoms with van der Waals surface area (Å²) in [6, 6.07) is 4.71. The highest BCUT2D eigenvalue weighted by Gasteiger charge is 2.44. The summed E-state index contributed by atoms with van der Waals surface area (Å²) < 4.78 is 62.9. The van der Waals surface area contributed by atoms with Gasteiger partial charge in [-0.15, -0.1) is 0 Å². The lowest BCUT2D eigenvalue weighted by molar-refractivity contribution is -0.115. The number of carbonyl (C=O) groups excluding carboxylic acids is 1. The summed E-state index contributed by atoms with van der Waals surface area (Å²) in [5.41, 5.74) is 1.66. The van der Waals surface area contributed by atoms with Gasteiger partial charge in [-0.25, -0.2) is 13.4 Å². The second-order valence-corrected chi connectivity index (χ2v) is 13.1. The van der Waals surface area contributed by atoms with E-state index in [2.05, 4.69) is 20.9 Å². The summed E-state index contributed by atoms with van der Waals surface area (Å²) in [6.07, 6.45) is -4.37. The number of rotatable bonds is 4. The largest absolute Gasteiger partial charge is 0.405 e. The van der Waals surface area contributed by atoms with Gasteiger partial charge in [0.25, 0.3) is 5.91 Å². The molecule has 1 aromatic heterocycles. The van der Waals surface area contributed by atoms with E-state index in [0.717, 1.165) is 0 Å². The van der Waals surface area contributed by atoms with Crippen molar-refractivity contribution in [2.24, 2.45) is 0 Å². The fourth-order valence-corrected chi connectivity index (χ4v) is 5.60. The number of pyridine rings is 1. The van der Waals surface area contributed by atoms with Crippen LogP contribution in [0.1, 0.15) is 56.2 Å². The van der Waals surface area contributed by atoms with Crippen LogP contribution in [0, 0.1) is 6.92 Å². The number of hydrogen-bond donors (Lipinski definition) is 3. The van der Waals surface area contributed by atoms with Gasteiger partial charge in [-0.2, -0.15) is 13.2 Å². The second kappa shape index (κ2) is 8.67. The van der Waals surface area contributed by atoms with E-state index in [9.17, 15) is 26.4 Å². The van der Waals surface area contributed by atoms with Crippen LogP contribution in [0.5, 0.6) is 0 Å². The second-order valence-electron chi connectivity index (χ2n) is 10.4. The molecule has 1 aliphatic rings. The Kier molecular flexibility index (Phi) is 6.69. The summed E-state index contributed by atoms with van der Waals surface area (Å²) in [6.45, 7) is 9.86. The molecule has 1 fully saturated rings. The zero-order chi connectivity index (χ0) is 25.7. The van der Waals surface area contributed by atoms with Gasteiger partial charge in [0.1, 0.15) is 17.6 Å². The van der Waals surface area contributed by atoms with Crippen LogP contribution >= 0.6 is 0 Å². The summed E-state index contributed by atoms with van der Waals surface area (Å²) in [4.78, 5) is 17.6. The summed E-state index contributed by atoms with van der Waals surface area (Å²) in [5, 5.41) is 7.56. The number of sulfone groups is 1.